The van der Waals surface area contributed by atoms with Gasteiger partial charge in [-0.25, -0.2) is 8.42 Å². The third-order valence-electron chi connectivity index (χ3n) is 4.34. The van der Waals surface area contributed by atoms with Crippen molar-refractivity contribution in [1.82, 2.24) is 4.72 Å². The van der Waals surface area contributed by atoms with Crippen molar-refractivity contribution in [3.05, 3.63) is 59.6 Å². The Bertz CT molecular complexity index is 969. The van der Waals surface area contributed by atoms with Gasteiger partial charge in [0.2, 0.25) is 10.0 Å². The fraction of sp³-hybridized carbons (Fsp3) is 0.333. The molecule has 1 atom stereocenters. The maximum absolute atomic E-state index is 12.7. The number of carbonyl (C=O) groups excluding carboxylic acids is 2. The molecule has 1 unspecified atom stereocenters. The number of para-hydroxylation sites is 1. The Morgan fingerprint density at radius 2 is 1.77 bits per heavy atom. The molecule has 0 aliphatic rings. The molecule has 31 heavy (non-hydrogen) atoms. The Kier molecular flexibility index (Phi) is 9.83. The number of anilines is 1. The Morgan fingerprint density at radius 1 is 1.13 bits per heavy atom. The van der Waals surface area contributed by atoms with E-state index in [4.69, 9.17) is 16.3 Å². The smallest absolute Gasteiger partial charge is 0.324 e. The summed E-state index contributed by atoms with van der Waals surface area (Å²) in [5.74, 6) is -0.669. The first-order valence-electron chi connectivity index (χ1n) is 9.57. The molecule has 7 nitrogen and oxygen atoms in total. The van der Waals surface area contributed by atoms with E-state index in [0.29, 0.717) is 23.0 Å². The number of hydrogen-bond donors (Lipinski definition) is 1. The normalized spacial score (nSPS) is 12.2. The predicted octanol–water partition coefficient (Wildman–Crippen LogP) is 3.34. The van der Waals surface area contributed by atoms with E-state index in [2.05, 4.69) is 4.72 Å². The van der Waals surface area contributed by atoms with Crippen LogP contribution >= 0.6 is 23.4 Å². The number of halogens is 1. The SMILES string of the molecule is CCN(C(=O)COC(=O)C(CCSC)NS(=O)(=O)c1ccc(Cl)cc1)c1ccccc1. The van der Waals surface area contributed by atoms with Gasteiger partial charge in [0.15, 0.2) is 6.61 Å². The second-order valence-electron chi connectivity index (χ2n) is 6.49. The minimum Gasteiger partial charge on any atom is -0.454 e. The summed E-state index contributed by atoms with van der Waals surface area (Å²) in [6, 6.07) is 13.5. The fourth-order valence-corrected chi connectivity index (χ4v) is 4.57. The Labute approximate surface area is 192 Å². The maximum atomic E-state index is 12.7. The standard InChI is InChI=1S/C21H25ClN2O5S2/c1-3-24(17-7-5-4-6-8-17)20(25)15-29-21(26)19(13-14-30-2)23-31(27,28)18-11-9-16(22)10-12-18/h4-12,19,23H,3,13-15H2,1-2H3. The topological polar surface area (TPSA) is 92.8 Å². The van der Waals surface area contributed by atoms with E-state index in [0.717, 1.165) is 0 Å². The van der Waals surface area contributed by atoms with Crippen LogP contribution in [0, 0.1) is 0 Å². The summed E-state index contributed by atoms with van der Waals surface area (Å²) in [5, 5.41) is 0.398. The van der Waals surface area contributed by atoms with Crippen molar-refractivity contribution in [3.8, 4) is 0 Å². The van der Waals surface area contributed by atoms with E-state index in [1.807, 2.05) is 19.2 Å². The summed E-state index contributed by atoms with van der Waals surface area (Å²) in [5.41, 5.74) is 0.688. The van der Waals surface area contributed by atoms with Crippen molar-refractivity contribution in [2.75, 3.05) is 30.1 Å². The molecule has 10 heteroatoms. The summed E-state index contributed by atoms with van der Waals surface area (Å²) < 4.78 is 32.9. The number of esters is 1. The lowest BCUT2D eigenvalue weighted by molar-refractivity contribution is -0.149. The van der Waals surface area contributed by atoms with Gasteiger partial charge >= 0.3 is 5.97 Å². The van der Waals surface area contributed by atoms with Crippen LogP contribution in [0.1, 0.15) is 13.3 Å². The molecule has 0 fully saturated rings. The van der Waals surface area contributed by atoms with Gasteiger partial charge in [-0.3, -0.25) is 9.59 Å². The summed E-state index contributed by atoms with van der Waals surface area (Å²) in [7, 11) is -3.97. The van der Waals surface area contributed by atoms with E-state index in [-0.39, 0.29) is 11.3 Å². The molecular weight excluding hydrogens is 460 g/mol. The van der Waals surface area contributed by atoms with Crippen molar-refractivity contribution in [1.29, 1.82) is 0 Å². The van der Waals surface area contributed by atoms with Crippen molar-refractivity contribution in [3.63, 3.8) is 0 Å². The van der Waals surface area contributed by atoms with Gasteiger partial charge in [0.25, 0.3) is 5.91 Å². The largest absolute Gasteiger partial charge is 0.454 e. The zero-order chi connectivity index (χ0) is 22.9. The molecular formula is C21H25ClN2O5S2. The van der Waals surface area contributed by atoms with E-state index < -0.39 is 34.5 Å². The first-order valence-corrected chi connectivity index (χ1v) is 12.8. The predicted molar refractivity (Wildman–Crippen MR) is 124 cm³/mol. The molecule has 0 radical (unpaired) electrons. The lowest BCUT2D eigenvalue weighted by Crippen LogP contribution is -2.43. The number of amides is 1. The summed E-state index contributed by atoms with van der Waals surface area (Å²) >= 11 is 7.28. The van der Waals surface area contributed by atoms with E-state index >= 15 is 0 Å². The summed E-state index contributed by atoms with van der Waals surface area (Å²) in [4.78, 5) is 26.6. The molecule has 0 bridgehead atoms. The quantitative estimate of drug-likeness (QED) is 0.492. The van der Waals surface area contributed by atoms with Gasteiger partial charge in [0, 0.05) is 17.3 Å². The molecule has 0 aliphatic carbocycles. The summed E-state index contributed by atoms with van der Waals surface area (Å²) in [6.07, 6.45) is 2.07. The van der Waals surface area contributed by atoms with Gasteiger partial charge < -0.3 is 9.64 Å². The Morgan fingerprint density at radius 3 is 2.35 bits per heavy atom. The number of nitrogens with one attached hydrogen (secondary N) is 1. The number of rotatable bonds is 11. The Hall–Kier alpha value is -2.07. The molecule has 0 aromatic heterocycles. The van der Waals surface area contributed by atoms with E-state index in [1.165, 1.54) is 40.9 Å². The molecule has 0 saturated carbocycles. The molecule has 168 valence electrons. The molecule has 0 heterocycles. The number of thioether (sulfide) groups is 1. The maximum Gasteiger partial charge on any atom is 0.324 e. The van der Waals surface area contributed by atoms with Crippen molar-refractivity contribution in [2.45, 2.75) is 24.3 Å². The lowest BCUT2D eigenvalue weighted by Gasteiger charge is -2.22. The number of likely N-dealkylation sites (N-methyl/N-ethyl adjacent to an activating group) is 1. The second-order valence-corrected chi connectivity index (χ2v) is 9.63. The van der Waals surface area contributed by atoms with Crippen molar-refractivity contribution < 1.29 is 22.7 Å². The van der Waals surface area contributed by atoms with Crippen LogP contribution in [0.15, 0.2) is 59.5 Å². The minimum atomic E-state index is -3.97. The highest BCUT2D eigenvalue weighted by Gasteiger charge is 2.28. The zero-order valence-electron chi connectivity index (χ0n) is 17.3. The average molecular weight is 485 g/mol. The van der Waals surface area contributed by atoms with Crippen LogP contribution in [0.5, 0.6) is 0 Å². The van der Waals surface area contributed by atoms with Crippen LogP contribution < -0.4 is 9.62 Å². The fourth-order valence-electron chi connectivity index (χ4n) is 2.75. The minimum absolute atomic E-state index is 0.0174. The summed E-state index contributed by atoms with van der Waals surface area (Å²) in [6.45, 7) is 1.73. The van der Waals surface area contributed by atoms with E-state index in [9.17, 15) is 18.0 Å². The lowest BCUT2D eigenvalue weighted by atomic mass is 10.2. The number of sulfonamides is 1. The molecule has 0 saturated heterocycles. The van der Waals surface area contributed by atoms with Gasteiger partial charge in [-0.05, 0) is 61.8 Å². The highest BCUT2D eigenvalue weighted by atomic mass is 35.5. The monoisotopic (exact) mass is 484 g/mol. The van der Waals surface area contributed by atoms with Gasteiger partial charge in [-0.1, -0.05) is 29.8 Å². The molecule has 0 spiro atoms. The second kappa shape index (κ2) is 12.1. The molecule has 2 rings (SSSR count). The highest BCUT2D eigenvalue weighted by molar-refractivity contribution is 7.98. The van der Waals surface area contributed by atoms with Crippen LogP contribution in [-0.4, -0.2) is 51.5 Å². The van der Waals surface area contributed by atoms with Crippen LogP contribution in [0.4, 0.5) is 5.69 Å². The van der Waals surface area contributed by atoms with E-state index in [1.54, 1.807) is 24.3 Å². The highest BCUT2D eigenvalue weighted by Crippen LogP contribution is 2.16. The van der Waals surface area contributed by atoms with Crippen LogP contribution in [0.2, 0.25) is 5.02 Å². The van der Waals surface area contributed by atoms with Gasteiger partial charge in [-0.2, -0.15) is 16.5 Å². The third kappa shape index (κ3) is 7.53. The van der Waals surface area contributed by atoms with Crippen molar-refractivity contribution >= 4 is 50.9 Å². The van der Waals surface area contributed by atoms with Crippen molar-refractivity contribution in [2.24, 2.45) is 0 Å². The van der Waals surface area contributed by atoms with Gasteiger partial charge in [0.1, 0.15) is 6.04 Å². The number of benzene rings is 2. The van der Waals surface area contributed by atoms with Crippen LogP contribution in [0.25, 0.3) is 0 Å². The first kappa shape index (κ1) is 25.2. The molecule has 2 aromatic rings. The number of ether oxygens (including phenoxy) is 1. The first-order chi connectivity index (χ1) is 14.8. The van der Waals surface area contributed by atoms with Crippen LogP contribution in [-0.2, 0) is 24.3 Å². The number of nitrogens with zero attached hydrogens (tertiary/aromatic N) is 1. The molecule has 2 aromatic carbocycles. The Balaban J connectivity index is 2.06. The molecule has 0 aliphatic heterocycles. The zero-order valence-corrected chi connectivity index (χ0v) is 19.7. The number of carbonyl (C=O) groups is 2. The average Bonchev–Trinajstić information content (AvgIpc) is 2.76. The van der Waals surface area contributed by atoms with Crippen LogP contribution in [0.3, 0.4) is 0 Å². The van der Waals surface area contributed by atoms with Gasteiger partial charge in [-0.15, -0.1) is 0 Å². The third-order valence-corrected chi connectivity index (χ3v) is 6.72. The molecule has 1 N–H and O–H groups in total. The number of hydrogen-bond acceptors (Lipinski definition) is 6. The molecule has 1 amide bonds. The van der Waals surface area contributed by atoms with Gasteiger partial charge in [0.05, 0.1) is 4.90 Å².